The fraction of sp³-hybridized carbons (Fsp3) is 0.278. The van der Waals surface area contributed by atoms with Crippen molar-refractivity contribution in [1.82, 2.24) is 10.3 Å². The Bertz CT molecular complexity index is 789. The van der Waals surface area contributed by atoms with Crippen molar-refractivity contribution >= 4 is 17.3 Å². The third kappa shape index (κ3) is 4.85. The van der Waals surface area contributed by atoms with Gasteiger partial charge >= 0.3 is 5.97 Å². The molecule has 2 rings (SSSR count). The maximum absolute atomic E-state index is 12.5. The van der Waals surface area contributed by atoms with Gasteiger partial charge in [0.15, 0.2) is 5.78 Å². The highest BCUT2D eigenvalue weighted by Gasteiger charge is 2.26. The third-order valence-corrected chi connectivity index (χ3v) is 3.45. The van der Waals surface area contributed by atoms with Gasteiger partial charge in [-0.1, -0.05) is 47.6 Å². The summed E-state index contributed by atoms with van der Waals surface area (Å²) in [6, 6.07) is 11.2. The summed E-state index contributed by atoms with van der Waals surface area (Å²) in [5, 5.41) is 15.9. The van der Waals surface area contributed by atoms with E-state index in [0.717, 1.165) is 5.56 Å². The Kier molecular flexibility index (Phi) is 6.60. The predicted molar refractivity (Wildman–Crippen MR) is 87.9 cm³/mol. The molecule has 1 heterocycles. The largest absolute Gasteiger partial charge is 0.461 e. The molecule has 7 heteroatoms. The SMILES string of the molecule is CCC(=O)C(C(=O)OCCC#N)=C(Cc1ccccc1)c1cnon1. The summed E-state index contributed by atoms with van der Waals surface area (Å²) < 4.78 is 9.70. The number of hydrogen-bond donors (Lipinski definition) is 0. The van der Waals surface area contributed by atoms with Gasteiger partial charge in [-0.25, -0.2) is 9.42 Å². The van der Waals surface area contributed by atoms with Crippen LogP contribution in [-0.2, 0) is 20.7 Å². The predicted octanol–water partition coefficient (Wildman–Crippen LogP) is 2.50. The van der Waals surface area contributed by atoms with Gasteiger partial charge in [0.25, 0.3) is 0 Å². The van der Waals surface area contributed by atoms with E-state index in [2.05, 4.69) is 14.9 Å². The molecule has 0 spiro atoms. The number of ether oxygens (including phenoxy) is 1. The van der Waals surface area contributed by atoms with E-state index in [1.54, 1.807) is 6.92 Å². The molecule has 0 atom stereocenters. The molecule has 0 aliphatic heterocycles. The van der Waals surface area contributed by atoms with Crippen LogP contribution in [0.1, 0.15) is 31.0 Å². The van der Waals surface area contributed by atoms with Gasteiger partial charge in [0.05, 0.1) is 18.7 Å². The number of hydrogen-bond acceptors (Lipinski definition) is 7. The van der Waals surface area contributed by atoms with E-state index in [1.165, 1.54) is 6.20 Å². The van der Waals surface area contributed by atoms with Crippen molar-refractivity contribution in [3.8, 4) is 6.07 Å². The molecule has 0 bridgehead atoms. The summed E-state index contributed by atoms with van der Waals surface area (Å²) in [7, 11) is 0. The monoisotopic (exact) mass is 339 g/mol. The molecule has 0 saturated carbocycles. The number of rotatable bonds is 8. The molecule has 1 aromatic carbocycles. The third-order valence-electron chi connectivity index (χ3n) is 3.45. The van der Waals surface area contributed by atoms with Crippen LogP contribution in [0.4, 0.5) is 0 Å². The van der Waals surface area contributed by atoms with Gasteiger partial charge < -0.3 is 4.74 Å². The molecule has 0 aliphatic rings. The minimum absolute atomic E-state index is 0.0544. The first kappa shape index (κ1) is 18.1. The quantitative estimate of drug-likeness (QED) is 0.239. The lowest BCUT2D eigenvalue weighted by Crippen LogP contribution is -2.19. The molecule has 0 unspecified atom stereocenters. The lowest BCUT2D eigenvalue weighted by Gasteiger charge is -2.12. The van der Waals surface area contributed by atoms with Crippen LogP contribution < -0.4 is 0 Å². The second kappa shape index (κ2) is 9.13. The van der Waals surface area contributed by atoms with Gasteiger partial charge in [-0.3, -0.25) is 4.79 Å². The van der Waals surface area contributed by atoms with Gasteiger partial charge in [0, 0.05) is 18.4 Å². The first-order chi connectivity index (χ1) is 12.2. The number of aromatic nitrogens is 2. The molecule has 0 amide bonds. The summed E-state index contributed by atoms with van der Waals surface area (Å²) >= 11 is 0. The van der Waals surface area contributed by atoms with Crippen molar-refractivity contribution in [3.05, 3.63) is 53.4 Å². The first-order valence-electron chi connectivity index (χ1n) is 7.79. The Labute approximate surface area is 144 Å². The van der Waals surface area contributed by atoms with Crippen LogP contribution in [-0.4, -0.2) is 28.7 Å². The Morgan fingerprint density at radius 2 is 2.04 bits per heavy atom. The Morgan fingerprint density at radius 3 is 2.64 bits per heavy atom. The van der Waals surface area contributed by atoms with Crippen LogP contribution in [0.15, 0.2) is 46.7 Å². The number of esters is 1. The van der Waals surface area contributed by atoms with Crippen molar-refractivity contribution < 1.29 is 19.0 Å². The van der Waals surface area contributed by atoms with Crippen LogP contribution in [0.5, 0.6) is 0 Å². The number of benzene rings is 1. The summed E-state index contributed by atoms with van der Waals surface area (Å²) in [4.78, 5) is 24.9. The van der Waals surface area contributed by atoms with Crippen LogP contribution in [0.3, 0.4) is 0 Å². The molecule has 2 aromatic rings. The van der Waals surface area contributed by atoms with E-state index >= 15 is 0 Å². The Morgan fingerprint density at radius 1 is 1.28 bits per heavy atom. The summed E-state index contributed by atoms with van der Waals surface area (Å²) in [6.45, 7) is 1.58. The lowest BCUT2D eigenvalue weighted by atomic mass is 9.94. The van der Waals surface area contributed by atoms with Crippen molar-refractivity contribution in [2.45, 2.75) is 26.2 Å². The zero-order valence-corrected chi connectivity index (χ0v) is 13.8. The average Bonchev–Trinajstić information content (AvgIpc) is 3.16. The minimum Gasteiger partial charge on any atom is -0.461 e. The van der Waals surface area contributed by atoms with E-state index in [4.69, 9.17) is 10.00 Å². The Balaban J connectivity index is 2.47. The van der Waals surface area contributed by atoms with Crippen LogP contribution in [0.25, 0.3) is 5.57 Å². The van der Waals surface area contributed by atoms with Crippen LogP contribution >= 0.6 is 0 Å². The molecule has 0 radical (unpaired) electrons. The summed E-state index contributed by atoms with van der Waals surface area (Å²) in [5.41, 5.74) is 1.51. The average molecular weight is 339 g/mol. The van der Waals surface area contributed by atoms with Crippen molar-refractivity contribution in [2.75, 3.05) is 6.61 Å². The number of Topliss-reactive ketones (excluding diaryl/α,β-unsaturated/α-hetero) is 1. The fourth-order valence-corrected chi connectivity index (χ4v) is 2.25. The second-order valence-corrected chi connectivity index (χ2v) is 5.13. The molecule has 128 valence electrons. The molecule has 7 nitrogen and oxygen atoms in total. The zero-order chi connectivity index (χ0) is 18.1. The Hall–Kier alpha value is -3.27. The highest BCUT2D eigenvalue weighted by atomic mass is 16.6. The molecule has 25 heavy (non-hydrogen) atoms. The zero-order valence-electron chi connectivity index (χ0n) is 13.8. The number of ketones is 1. The summed E-state index contributed by atoms with van der Waals surface area (Å²) in [6.07, 6.45) is 1.83. The molecular formula is C18H17N3O4. The number of carbonyl (C=O) groups excluding carboxylic acids is 2. The van der Waals surface area contributed by atoms with E-state index in [-0.39, 0.29) is 30.8 Å². The lowest BCUT2D eigenvalue weighted by molar-refractivity contribution is -0.140. The standard InChI is InChI=1S/C18H17N3O4/c1-2-16(22)17(18(23)24-10-6-9-19)14(15-12-20-25-21-15)11-13-7-4-3-5-8-13/h3-5,7-8,12H,2,6,10-11H2,1H3. The normalized spacial score (nSPS) is 11.4. The maximum atomic E-state index is 12.5. The van der Waals surface area contributed by atoms with Crippen molar-refractivity contribution in [1.29, 1.82) is 5.26 Å². The minimum atomic E-state index is -0.768. The van der Waals surface area contributed by atoms with E-state index in [0.29, 0.717) is 17.7 Å². The fourth-order valence-electron chi connectivity index (χ4n) is 2.25. The van der Waals surface area contributed by atoms with Gasteiger partial charge in [0.1, 0.15) is 17.9 Å². The maximum Gasteiger partial charge on any atom is 0.342 e. The molecule has 0 saturated heterocycles. The first-order valence-corrected chi connectivity index (χ1v) is 7.79. The highest BCUT2D eigenvalue weighted by Crippen LogP contribution is 2.24. The van der Waals surface area contributed by atoms with Crippen molar-refractivity contribution in [3.63, 3.8) is 0 Å². The van der Waals surface area contributed by atoms with E-state index in [9.17, 15) is 9.59 Å². The number of nitrogens with zero attached hydrogens (tertiary/aromatic N) is 3. The second-order valence-electron chi connectivity index (χ2n) is 5.13. The van der Waals surface area contributed by atoms with E-state index < -0.39 is 5.97 Å². The van der Waals surface area contributed by atoms with Gasteiger partial charge in [-0.15, -0.1) is 0 Å². The smallest absolute Gasteiger partial charge is 0.342 e. The molecule has 1 aromatic heterocycles. The van der Waals surface area contributed by atoms with Gasteiger partial charge in [0.2, 0.25) is 0 Å². The number of carbonyl (C=O) groups is 2. The molecule has 0 fully saturated rings. The highest BCUT2D eigenvalue weighted by molar-refractivity contribution is 6.22. The van der Waals surface area contributed by atoms with Crippen LogP contribution in [0.2, 0.25) is 0 Å². The van der Waals surface area contributed by atoms with Crippen molar-refractivity contribution in [2.24, 2.45) is 0 Å². The molecule has 0 N–H and O–H groups in total. The topological polar surface area (TPSA) is 106 Å². The number of nitriles is 1. The molecule has 0 aliphatic carbocycles. The van der Waals surface area contributed by atoms with E-state index in [1.807, 2.05) is 36.4 Å². The number of allylic oxidation sites excluding steroid dienone is 1. The summed E-state index contributed by atoms with van der Waals surface area (Å²) in [5.74, 6) is -1.13. The van der Waals surface area contributed by atoms with Gasteiger partial charge in [-0.05, 0) is 5.56 Å². The van der Waals surface area contributed by atoms with Gasteiger partial charge in [-0.2, -0.15) is 5.26 Å². The van der Waals surface area contributed by atoms with Crippen LogP contribution in [0, 0.1) is 11.3 Å². The molecular weight excluding hydrogens is 322 g/mol.